The quantitative estimate of drug-likeness (QED) is 0.579. The van der Waals surface area contributed by atoms with Crippen molar-refractivity contribution in [1.82, 2.24) is 5.01 Å². The van der Waals surface area contributed by atoms with Gasteiger partial charge in [0.1, 0.15) is 0 Å². The summed E-state index contributed by atoms with van der Waals surface area (Å²) in [4.78, 5) is 13.4. The molecular weight excluding hydrogens is 379 g/mol. The zero-order valence-electron chi connectivity index (χ0n) is 14.8. The van der Waals surface area contributed by atoms with Crippen molar-refractivity contribution >= 4 is 34.8 Å². The van der Waals surface area contributed by atoms with E-state index in [4.69, 9.17) is 23.2 Å². The van der Waals surface area contributed by atoms with E-state index in [2.05, 4.69) is 0 Å². The molecule has 3 aromatic carbocycles. The maximum Gasteiger partial charge on any atom is 0.253 e. The highest BCUT2D eigenvalue weighted by Gasteiger charge is 2.40. The summed E-state index contributed by atoms with van der Waals surface area (Å²) in [6.07, 6.45) is 0. The molecule has 0 spiro atoms. The second kappa shape index (κ2) is 7.35. The molecule has 3 nitrogen and oxygen atoms in total. The maximum atomic E-state index is 13.4. The summed E-state index contributed by atoms with van der Waals surface area (Å²) < 4.78 is 0. The molecule has 0 saturated carbocycles. The molecule has 1 aliphatic heterocycles. The molecule has 1 atom stereocenters. The fourth-order valence-corrected chi connectivity index (χ4v) is 4.12. The third-order valence-corrected chi connectivity index (χ3v) is 5.56. The highest BCUT2D eigenvalue weighted by Crippen LogP contribution is 2.42. The number of nitrogens with zero attached hydrogens (tertiary/aromatic N) is 2. The molecule has 0 aromatic heterocycles. The topological polar surface area (TPSA) is 23.6 Å². The lowest BCUT2D eigenvalue weighted by Gasteiger charge is -2.29. The smallest absolute Gasteiger partial charge is 0.253 e. The number of para-hydroxylation sites is 1. The van der Waals surface area contributed by atoms with Gasteiger partial charge in [-0.05, 0) is 29.3 Å². The summed E-state index contributed by atoms with van der Waals surface area (Å²) in [6.45, 7) is 0.431. The Balaban J connectivity index is 1.72. The van der Waals surface area contributed by atoms with E-state index in [-0.39, 0.29) is 11.8 Å². The molecule has 0 aliphatic carbocycles. The first kappa shape index (κ1) is 18.1. The Kier molecular flexibility index (Phi) is 4.92. The number of rotatable bonds is 4. The number of hydrogen-bond acceptors (Lipinski definition) is 2. The van der Waals surface area contributed by atoms with Crippen LogP contribution in [0.3, 0.4) is 0 Å². The van der Waals surface area contributed by atoms with E-state index in [9.17, 15) is 4.79 Å². The highest BCUT2D eigenvalue weighted by atomic mass is 35.5. The number of anilines is 1. The number of fused-ring (bicyclic) bond motifs is 1. The van der Waals surface area contributed by atoms with E-state index in [1.54, 1.807) is 5.01 Å². The van der Waals surface area contributed by atoms with Gasteiger partial charge in [0.25, 0.3) is 5.91 Å². The van der Waals surface area contributed by atoms with Crippen molar-refractivity contribution < 1.29 is 4.79 Å². The number of carbonyl (C=O) groups is 1. The second-order valence-electron chi connectivity index (χ2n) is 6.57. The highest BCUT2D eigenvalue weighted by molar-refractivity contribution is 6.36. The molecule has 1 amide bonds. The molecule has 136 valence electrons. The van der Waals surface area contributed by atoms with Gasteiger partial charge in [-0.15, -0.1) is 0 Å². The fourth-order valence-electron chi connectivity index (χ4n) is 3.60. The monoisotopic (exact) mass is 396 g/mol. The van der Waals surface area contributed by atoms with Crippen molar-refractivity contribution in [1.29, 1.82) is 0 Å². The van der Waals surface area contributed by atoms with Crippen LogP contribution in [-0.2, 0) is 11.3 Å². The lowest BCUT2D eigenvalue weighted by atomic mass is 9.93. The van der Waals surface area contributed by atoms with Gasteiger partial charge in [-0.25, -0.2) is 10.0 Å². The van der Waals surface area contributed by atoms with Crippen LogP contribution < -0.4 is 5.01 Å². The molecule has 0 unspecified atom stereocenters. The van der Waals surface area contributed by atoms with E-state index < -0.39 is 0 Å². The van der Waals surface area contributed by atoms with Crippen molar-refractivity contribution in [2.75, 3.05) is 12.1 Å². The molecular formula is C22H18Cl2N2O. The van der Waals surface area contributed by atoms with E-state index in [0.717, 1.165) is 22.4 Å². The third-order valence-electron chi connectivity index (χ3n) is 4.85. The van der Waals surface area contributed by atoms with Crippen molar-refractivity contribution in [3.63, 3.8) is 0 Å². The van der Waals surface area contributed by atoms with Crippen molar-refractivity contribution in [2.45, 2.75) is 12.5 Å². The van der Waals surface area contributed by atoms with Gasteiger partial charge in [0, 0.05) is 29.2 Å². The number of hydrogen-bond donors (Lipinski definition) is 0. The van der Waals surface area contributed by atoms with Gasteiger partial charge in [0.05, 0.1) is 11.6 Å². The summed E-state index contributed by atoms with van der Waals surface area (Å²) in [7, 11) is 1.88. The lowest BCUT2D eigenvalue weighted by Crippen LogP contribution is -2.42. The van der Waals surface area contributed by atoms with Crippen LogP contribution in [0, 0.1) is 0 Å². The summed E-state index contributed by atoms with van der Waals surface area (Å²) in [5.41, 5.74) is 3.69. The van der Waals surface area contributed by atoms with Gasteiger partial charge in [-0.1, -0.05) is 77.8 Å². The fraction of sp³-hybridized carbons (Fsp3) is 0.136. The number of halogens is 2. The first-order valence-corrected chi connectivity index (χ1v) is 9.45. The number of hydrazine groups is 1. The Morgan fingerprint density at radius 3 is 2.22 bits per heavy atom. The minimum absolute atomic E-state index is 0.0214. The van der Waals surface area contributed by atoms with Crippen molar-refractivity contribution in [2.24, 2.45) is 0 Å². The summed E-state index contributed by atoms with van der Waals surface area (Å²) in [6, 6.07) is 23.2. The zero-order valence-corrected chi connectivity index (χ0v) is 16.3. The second-order valence-corrected chi connectivity index (χ2v) is 7.38. The maximum absolute atomic E-state index is 13.4. The van der Waals surface area contributed by atoms with Crippen LogP contribution >= 0.6 is 23.2 Å². The van der Waals surface area contributed by atoms with Crippen LogP contribution in [0.15, 0.2) is 72.8 Å². The molecule has 0 saturated heterocycles. The van der Waals surface area contributed by atoms with Crippen molar-refractivity contribution in [3.05, 3.63) is 99.5 Å². The summed E-state index contributed by atoms with van der Waals surface area (Å²) in [5.74, 6) is -0.292. The van der Waals surface area contributed by atoms with E-state index in [1.165, 1.54) is 0 Å². The van der Waals surface area contributed by atoms with Crippen molar-refractivity contribution in [3.8, 4) is 0 Å². The average Bonchev–Trinajstić information content (AvgIpc) is 2.97. The normalized spacial score (nSPS) is 16.1. The van der Waals surface area contributed by atoms with Gasteiger partial charge in [0.2, 0.25) is 0 Å². The molecule has 0 fully saturated rings. The molecule has 27 heavy (non-hydrogen) atoms. The minimum Gasteiger partial charge on any atom is -0.272 e. The van der Waals surface area contributed by atoms with Crippen LogP contribution in [-0.4, -0.2) is 18.0 Å². The number of carbonyl (C=O) groups excluding carboxylic acids is 1. The molecule has 4 rings (SSSR count). The Morgan fingerprint density at radius 1 is 0.889 bits per heavy atom. The molecule has 0 radical (unpaired) electrons. The average molecular weight is 397 g/mol. The number of amides is 1. The van der Waals surface area contributed by atoms with Crippen LogP contribution in [0.25, 0.3) is 0 Å². The number of benzene rings is 3. The largest absolute Gasteiger partial charge is 0.272 e. The van der Waals surface area contributed by atoms with Gasteiger partial charge in [-0.2, -0.15) is 0 Å². The molecule has 5 heteroatoms. The molecule has 0 bridgehead atoms. The lowest BCUT2D eigenvalue weighted by molar-refractivity contribution is -0.121. The van der Waals surface area contributed by atoms with Gasteiger partial charge in [0.15, 0.2) is 0 Å². The van der Waals surface area contributed by atoms with E-state index in [0.29, 0.717) is 16.6 Å². The van der Waals surface area contributed by atoms with E-state index >= 15 is 0 Å². The minimum atomic E-state index is -0.313. The molecule has 3 aromatic rings. The van der Waals surface area contributed by atoms with E-state index in [1.807, 2.05) is 84.9 Å². The first-order valence-electron chi connectivity index (χ1n) is 8.69. The van der Waals surface area contributed by atoms with Crippen LogP contribution in [0.2, 0.25) is 10.0 Å². The van der Waals surface area contributed by atoms with Crippen LogP contribution in [0.5, 0.6) is 0 Å². The molecule has 1 aliphatic rings. The van der Waals surface area contributed by atoms with Crippen LogP contribution in [0.4, 0.5) is 5.69 Å². The standard InChI is InChI=1S/C22H18Cl2N2O/c1-25(14-17-18(23)11-7-12-19(17)24)26-20-13-6-5-10-16(20)21(22(26)27)15-8-3-2-4-9-15/h2-13,21H,14H2,1H3/t21-/m0/s1. The van der Waals surface area contributed by atoms with Crippen LogP contribution in [0.1, 0.15) is 22.6 Å². The first-order chi connectivity index (χ1) is 13.1. The van der Waals surface area contributed by atoms with Gasteiger partial charge in [-0.3, -0.25) is 4.79 Å². The molecule has 1 heterocycles. The Bertz CT molecular complexity index is 970. The summed E-state index contributed by atoms with van der Waals surface area (Å²) in [5, 5.41) is 4.78. The zero-order chi connectivity index (χ0) is 19.0. The Labute approximate surface area is 168 Å². The Morgan fingerprint density at radius 2 is 1.52 bits per heavy atom. The predicted octanol–water partition coefficient (Wildman–Crippen LogP) is 5.52. The van der Waals surface area contributed by atoms with Gasteiger partial charge < -0.3 is 0 Å². The third kappa shape index (κ3) is 3.23. The summed E-state index contributed by atoms with van der Waals surface area (Å²) >= 11 is 12.7. The Hall–Kier alpha value is -2.33. The SMILES string of the molecule is CN(Cc1c(Cl)cccc1Cl)N1C(=O)[C@@H](c2ccccc2)c2ccccc21. The van der Waals surface area contributed by atoms with Gasteiger partial charge >= 0.3 is 0 Å². The predicted molar refractivity (Wildman–Crippen MR) is 110 cm³/mol. The molecule has 0 N–H and O–H groups in total.